The predicted octanol–water partition coefficient (Wildman–Crippen LogP) is 4.12. The molecule has 2 atom stereocenters. The summed E-state index contributed by atoms with van der Waals surface area (Å²) in [5.74, 6) is -0.929. The highest BCUT2D eigenvalue weighted by atomic mass is 19.1. The Morgan fingerprint density at radius 1 is 1.23 bits per heavy atom. The standard InChI is InChI=1S/C22H27F2N3O3/c1-3-30-13-26-16-6-4-5-14(9-16)22(28)27-21-11-18(19(24)12-25-21)17-8-7-15(23)10-20(17)29-2/h7-8,10-12,14,16,26H,3-6,9,13H2,1-2H3,(H,25,27,28)/t14?,16-/m1/s1. The summed E-state index contributed by atoms with van der Waals surface area (Å²) >= 11 is 0. The molecule has 162 valence electrons. The van der Waals surface area contributed by atoms with Gasteiger partial charge in [0, 0.05) is 35.8 Å². The molecule has 6 nitrogen and oxygen atoms in total. The number of rotatable bonds is 8. The first-order chi connectivity index (χ1) is 14.5. The van der Waals surface area contributed by atoms with Gasteiger partial charge in [-0.3, -0.25) is 10.1 Å². The van der Waals surface area contributed by atoms with E-state index in [4.69, 9.17) is 9.47 Å². The molecule has 8 heteroatoms. The molecule has 3 rings (SSSR count). The van der Waals surface area contributed by atoms with E-state index in [2.05, 4.69) is 15.6 Å². The van der Waals surface area contributed by atoms with Crippen molar-refractivity contribution in [3.05, 3.63) is 42.1 Å². The molecular weight excluding hydrogens is 392 g/mol. The number of methoxy groups -OCH3 is 1. The molecule has 30 heavy (non-hydrogen) atoms. The second kappa shape index (κ2) is 10.4. The number of pyridine rings is 1. The smallest absolute Gasteiger partial charge is 0.228 e. The fourth-order valence-corrected chi connectivity index (χ4v) is 3.72. The van der Waals surface area contributed by atoms with Crippen LogP contribution in [0.15, 0.2) is 30.5 Å². The zero-order chi connectivity index (χ0) is 21.5. The maximum absolute atomic E-state index is 14.4. The summed E-state index contributed by atoms with van der Waals surface area (Å²) in [4.78, 5) is 16.8. The molecule has 1 unspecified atom stereocenters. The number of amides is 1. The van der Waals surface area contributed by atoms with Crippen LogP contribution in [0.5, 0.6) is 5.75 Å². The molecular formula is C22H27F2N3O3. The van der Waals surface area contributed by atoms with Crippen molar-refractivity contribution in [1.29, 1.82) is 0 Å². The normalized spacial score (nSPS) is 18.8. The average molecular weight is 419 g/mol. The quantitative estimate of drug-likeness (QED) is 0.498. The Labute approximate surface area is 175 Å². The van der Waals surface area contributed by atoms with Crippen LogP contribution in [0.1, 0.15) is 32.6 Å². The van der Waals surface area contributed by atoms with Crippen LogP contribution in [0.4, 0.5) is 14.6 Å². The average Bonchev–Trinajstić information content (AvgIpc) is 2.75. The monoisotopic (exact) mass is 419 g/mol. The van der Waals surface area contributed by atoms with Gasteiger partial charge in [0.1, 0.15) is 23.2 Å². The van der Waals surface area contributed by atoms with Crippen LogP contribution in [0.3, 0.4) is 0 Å². The van der Waals surface area contributed by atoms with Crippen molar-refractivity contribution in [1.82, 2.24) is 10.3 Å². The van der Waals surface area contributed by atoms with Crippen molar-refractivity contribution in [2.24, 2.45) is 5.92 Å². The SMILES string of the molecule is CCOCN[C@@H]1CCCC(C(=O)Nc2cc(-c3ccc(F)cc3OC)c(F)cn2)C1. The van der Waals surface area contributed by atoms with E-state index in [0.717, 1.165) is 25.5 Å². The van der Waals surface area contributed by atoms with Gasteiger partial charge in [-0.1, -0.05) is 6.42 Å². The van der Waals surface area contributed by atoms with Gasteiger partial charge >= 0.3 is 0 Å². The number of carbonyl (C=O) groups excluding carboxylic acids is 1. The zero-order valence-corrected chi connectivity index (χ0v) is 17.2. The molecule has 1 aromatic heterocycles. The molecule has 2 N–H and O–H groups in total. The second-order valence-corrected chi connectivity index (χ2v) is 7.28. The molecule has 0 saturated heterocycles. The Balaban J connectivity index is 1.71. The third-order valence-electron chi connectivity index (χ3n) is 5.28. The molecule has 0 aliphatic heterocycles. The van der Waals surface area contributed by atoms with Gasteiger partial charge in [0.15, 0.2) is 0 Å². The van der Waals surface area contributed by atoms with Gasteiger partial charge in [-0.2, -0.15) is 0 Å². The van der Waals surface area contributed by atoms with Gasteiger partial charge in [-0.05, 0) is 44.4 Å². The maximum atomic E-state index is 14.4. The lowest BCUT2D eigenvalue weighted by Gasteiger charge is -2.29. The van der Waals surface area contributed by atoms with Crippen LogP contribution < -0.4 is 15.4 Å². The van der Waals surface area contributed by atoms with E-state index in [9.17, 15) is 13.6 Å². The van der Waals surface area contributed by atoms with Crippen molar-refractivity contribution in [2.45, 2.75) is 38.6 Å². The third-order valence-corrected chi connectivity index (χ3v) is 5.28. The maximum Gasteiger partial charge on any atom is 0.228 e. The lowest BCUT2D eigenvalue weighted by Crippen LogP contribution is -2.39. The number of aromatic nitrogens is 1. The van der Waals surface area contributed by atoms with Crippen LogP contribution in [0.2, 0.25) is 0 Å². The van der Waals surface area contributed by atoms with E-state index in [1.165, 1.54) is 31.4 Å². The highest BCUT2D eigenvalue weighted by molar-refractivity contribution is 5.92. The van der Waals surface area contributed by atoms with Gasteiger partial charge in [-0.25, -0.2) is 13.8 Å². The summed E-state index contributed by atoms with van der Waals surface area (Å²) in [6, 6.07) is 5.52. The van der Waals surface area contributed by atoms with Crippen LogP contribution in [-0.2, 0) is 9.53 Å². The summed E-state index contributed by atoms with van der Waals surface area (Å²) in [5.41, 5.74) is 0.559. The molecule has 0 spiro atoms. The van der Waals surface area contributed by atoms with E-state index in [0.29, 0.717) is 25.3 Å². The first kappa shape index (κ1) is 22.1. The van der Waals surface area contributed by atoms with Crippen molar-refractivity contribution >= 4 is 11.7 Å². The molecule has 1 aliphatic carbocycles. The molecule has 1 amide bonds. The van der Waals surface area contributed by atoms with E-state index < -0.39 is 11.6 Å². The van der Waals surface area contributed by atoms with Crippen LogP contribution in [0, 0.1) is 17.6 Å². The van der Waals surface area contributed by atoms with Gasteiger partial charge in [0.2, 0.25) is 5.91 Å². The van der Waals surface area contributed by atoms with E-state index in [-0.39, 0.29) is 35.0 Å². The highest BCUT2D eigenvalue weighted by Crippen LogP contribution is 2.33. The number of hydrogen-bond acceptors (Lipinski definition) is 5. The van der Waals surface area contributed by atoms with Crippen molar-refractivity contribution in [3.63, 3.8) is 0 Å². The van der Waals surface area contributed by atoms with Crippen molar-refractivity contribution in [3.8, 4) is 16.9 Å². The minimum atomic E-state index is -0.587. The minimum absolute atomic E-state index is 0.144. The Morgan fingerprint density at radius 2 is 2.07 bits per heavy atom. The van der Waals surface area contributed by atoms with Gasteiger partial charge < -0.3 is 14.8 Å². The fraction of sp³-hybridized carbons (Fsp3) is 0.455. The largest absolute Gasteiger partial charge is 0.496 e. The zero-order valence-electron chi connectivity index (χ0n) is 17.2. The highest BCUT2D eigenvalue weighted by Gasteiger charge is 2.27. The summed E-state index contributed by atoms with van der Waals surface area (Å²) in [6.07, 6.45) is 4.48. The Bertz CT molecular complexity index is 879. The van der Waals surface area contributed by atoms with Crippen molar-refractivity contribution in [2.75, 3.05) is 25.8 Å². The number of benzene rings is 1. The number of carbonyl (C=O) groups is 1. The first-order valence-corrected chi connectivity index (χ1v) is 10.1. The van der Waals surface area contributed by atoms with Crippen LogP contribution in [-0.4, -0.2) is 37.4 Å². The minimum Gasteiger partial charge on any atom is -0.496 e. The summed E-state index contributed by atoms with van der Waals surface area (Å²) in [6.45, 7) is 3.04. The number of hydrogen-bond donors (Lipinski definition) is 2. The first-order valence-electron chi connectivity index (χ1n) is 10.1. The second-order valence-electron chi connectivity index (χ2n) is 7.28. The summed E-state index contributed by atoms with van der Waals surface area (Å²) in [7, 11) is 1.39. The molecule has 2 aromatic rings. The Morgan fingerprint density at radius 3 is 2.83 bits per heavy atom. The Hall–Kier alpha value is -2.58. The third kappa shape index (κ3) is 5.52. The van der Waals surface area contributed by atoms with Crippen LogP contribution in [0.25, 0.3) is 11.1 Å². The molecule has 0 radical (unpaired) electrons. The fourth-order valence-electron chi connectivity index (χ4n) is 3.72. The number of ether oxygens (including phenoxy) is 2. The molecule has 1 aliphatic rings. The summed E-state index contributed by atoms with van der Waals surface area (Å²) < 4.78 is 38.4. The number of nitrogens with one attached hydrogen (secondary N) is 2. The van der Waals surface area contributed by atoms with E-state index in [1.807, 2.05) is 6.92 Å². The topological polar surface area (TPSA) is 72.5 Å². The van der Waals surface area contributed by atoms with E-state index >= 15 is 0 Å². The molecule has 1 fully saturated rings. The lowest BCUT2D eigenvalue weighted by molar-refractivity contribution is -0.121. The van der Waals surface area contributed by atoms with Crippen LogP contribution >= 0.6 is 0 Å². The molecule has 1 heterocycles. The molecule has 0 bridgehead atoms. The predicted molar refractivity (Wildman–Crippen MR) is 110 cm³/mol. The van der Waals surface area contributed by atoms with Crippen molar-refractivity contribution < 1.29 is 23.0 Å². The number of halogens is 2. The Kier molecular flexibility index (Phi) is 7.70. The molecule has 1 aromatic carbocycles. The number of nitrogens with zero attached hydrogens (tertiary/aromatic N) is 1. The van der Waals surface area contributed by atoms with Gasteiger partial charge in [-0.15, -0.1) is 0 Å². The van der Waals surface area contributed by atoms with Gasteiger partial charge in [0.25, 0.3) is 0 Å². The van der Waals surface area contributed by atoms with E-state index in [1.54, 1.807) is 0 Å². The summed E-state index contributed by atoms with van der Waals surface area (Å²) in [5, 5.41) is 6.11. The number of anilines is 1. The molecule has 1 saturated carbocycles. The van der Waals surface area contributed by atoms with Gasteiger partial charge in [0.05, 0.1) is 20.0 Å². The lowest BCUT2D eigenvalue weighted by atomic mass is 9.85.